The van der Waals surface area contributed by atoms with Crippen molar-refractivity contribution in [2.24, 2.45) is 0 Å². The first-order chi connectivity index (χ1) is 12.7. The molecule has 1 aliphatic heterocycles. The van der Waals surface area contributed by atoms with Crippen LogP contribution < -0.4 is 4.74 Å². The molecule has 0 atom stereocenters. The van der Waals surface area contributed by atoms with E-state index in [0.717, 1.165) is 42.2 Å². The monoisotopic (exact) mass is 348 g/mol. The fourth-order valence-corrected chi connectivity index (χ4v) is 3.21. The van der Waals surface area contributed by atoms with Gasteiger partial charge in [0.25, 0.3) is 5.91 Å². The fraction of sp³-hybridized carbons (Fsp3) is 0.250. The van der Waals surface area contributed by atoms with Crippen molar-refractivity contribution < 1.29 is 9.53 Å². The highest BCUT2D eigenvalue weighted by Crippen LogP contribution is 2.24. The van der Waals surface area contributed by atoms with E-state index in [0.29, 0.717) is 12.1 Å². The first-order valence-electron chi connectivity index (χ1n) is 8.65. The van der Waals surface area contributed by atoms with Crippen molar-refractivity contribution >= 4 is 5.91 Å². The normalized spacial score (nSPS) is 13.8. The Morgan fingerprint density at radius 2 is 2.00 bits per heavy atom. The van der Waals surface area contributed by atoms with Crippen molar-refractivity contribution in [2.45, 2.75) is 19.5 Å². The van der Waals surface area contributed by atoms with Gasteiger partial charge in [0, 0.05) is 31.0 Å². The molecular weight excluding hydrogens is 328 g/mol. The maximum Gasteiger partial charge on any atom is 0.255 e. The molecule has 1 aliphatic rings. The van der Waals surface area contributed by atoms with Gasteiger partial charge in [0.2, 0.25) is 0 Å². The second kappa shape index (κ2) is 7.00. The molecule has 26 heavy (non-hydrogen) atoms. The van der Waals surface area contributed by atoms with Crippen LogP contribution >= 0.6 is 0 Å². The smallest absolute Gasteiger partial charge is 0.255 e. The van der Waals surface area contributed by atoms with E-state index in [1.807, 2.05) is 33.8 Å². The Morgan fingerprint density at radius 3 is 2.73 bits per heavy atom. The van der Waals surface area contributed by atoms with Gasteiger partial charge >= 0.3 is 0 Å². The zero-order valence-corrected chi connectivity index (χ0v) is 14.6. The van der Waals surface area contributed by atoms with E-state index in [1.165, 1.54) is 0 Å². The van der Waals surface area contributed by atoms with Crippen molar-refractivity contribution in [3.63, 3.8) is 0 Å². The third-order valence-corrected chi connectivity index (χ3v) is 4.60. The molecule has 0 bridgehead atoms. The van der Waals surface area contributed by atoms with Gasteiger partial charge in [-0.1, -0.05) is 0 Å². The molecule has 6 nitrogen and oxygen atoms in total. The summed E-state index contributed by atoms with van der Waals surface area (Å²) in [6.07, 6.45) is 4.17. The van der Waals surface area contributed by atoms with Gasteiger partial charge in [0.1, 0.15) is 5.75 Å². The number of methoxy groups -OCH3 is 1. The first kappa shape index (κ1) is 16.3. The standard InChI is InChI=1S/C20H20N4O2/c1-26-18-7-5-15(6-8-18)19-12-17-14-23(10-3-11-24(17)22-19)20(25)16-4-2-9-21-13-16/h2,4-9,12-13H,3,10-11,14H2,1H3. The number of rotatable bonds is 3. The minimum atomic E-state index is 0.0127. The minimum absolute atomic E-state index is 0.0127. The Hall–Kier alpha value is -3.15. The average molecular weight is 348 g/mol. The van der Waals surface area contributed by atoms with Crippen LogP contribution in [0.5, 0.6) is 5.75 Å². The third kappa shape index (κ3) is 3.18. The van der Waals surface area contributed by atoms with E-state index in [9.17, 15) is 4.79 Å². The molecule has 0 saturated heterocycles. The molecule has 4 rings (SSSR count). The lowest BCUT2D eigenvalue weighted by Gasteiger charge is -2.19. The van der Waals surface area contributed by atoms with E-state index in [4.69, 9.17) is 9.84 Å². The van der Waals surface area contributed by atoms with Gasteiger partial charge in [-0.15, -0.1) is 0 Å². The second-order valence-corrected chi connectivity index (χ2v) is 6.29. The Morgan fingerprint density at radius 1 is 1.15 bits per heavy atom. The maximum atomic E-state index is 12.8. The number of benzene rings is 1. The van der Waals surface area contributed by atoms with Crippen LogP contribution in [-0.4, -0.2) is 39.2 Å². The average Bonchev–Trinajstić information content (AvgIpc) is 2.99. The summed E-state index contributed by atoms with van der Waals surface area (Å²) in [5.74, 6) is 0.835. The number of nitrogens with zero attached hydrogens (tertiary/aromatic N) is 4. The van der Waals surface area contributed by atoms with Crippen LogP contribution in [0.3, 0.4) is 0 Å². The van der Waals surface area contributed by atoms with Crippen LogP contribution in [-0.2, 0) is 13.1 Å². The number of amides is 1. The zero-order chi connectivity index (χ0) is 17.9. The minimum Gasteiger partial charge on any atom is -0.497 e. The molecule has 3 heterocycles. The zero-order valence-electron chi connectivity index (χ0n) is 14.6. The van der Waals surface area contributed by atoms with Crippen LogP contribution in [0.15, 0.2) is 54.9 Å². The van der Waals surface area contributed by atoms with E-state index >= 15 is 0 Å². The van der Waals surface area contributed by atoms with E-state index < -0.39 is 0 Å². The predicted octanol–water partition coefficient (Wildman–Crippen LogP) is 3.00. The highest BCUT2D eigenvalue weighted by molar-refractivity contribution is 5.93. The molecule has 0 N–H and O–H groups in total. The summed E-state index contributed by atoms with van der Waals surface area (Å²) in [5, 5.41) is 4.73. The fourth-order valence-electron chi connectivity index (χ4n) is 3.21. The van der Waals surface area contributed by atoms with Crippen molar-refractivity contribution in [3.8, 4) is 17.0 Å². The third-order valence-electron chi connectivity index (χ3n) is 4.60. The van der Waals surface area contributed by atoms with Crippen LogP contribution in [0.25, 0.3) is 11.3 Å². The highest BCUT2D eigenvalue weighted by Gasteiger charge is 2.22. The van der Waals surface area contributed by atoms with Gasteiger partial charge in [0.15, 0.2) is 0 Å². The predicted molar refractivity (Wildman–Crippen MR) is 97.8 cm³/mol. The van der Waals surface area contributed by atoms with Crippen molar-refractivity contribution in [3.05, 3.63) is 66.1 Å². The van der Waals surface area contributed by atoms with Crippen molar-refractivity contribution in [1.29, 1.82) is 0 Å². The Labute approximate surface area is 152 Å². The number of aromatic nitrogens is 3. The van der Waals surface area contributed by atoms with Crippen LogP contribution in [0.2, 0.25) is 0 Å². The number of pyridine rings is 1. The lowest BCUT2D eigenvalue weighted by molar-refractivity contribution is 0.0745. The number of carbonyl (C=O) groups is 1. The Kier molecular flexibility index (Phi) is 4.39. The topological polar surface area (TPSA) is 60.2 Å². The van der Waals surface area contributed by atoms with Crippen LogP contribution in [0, 0.1) is 0 Å². The molecule has 1 amide bonds. The molecule has 0 unspecified atom stereocenters. The number of hydrogen-bond acceptors (Lipinski definition) is 4. The molecule has 132 valence electrons. The lowest BCUT2D eigenvalue weighted by Crippen LogP contribution is -2.30. The van der Waals surface area contributed by atoms with Gasteiger partial charge < -0.3 is 9.64 Å². The van der Waals surface area contributed by atoms with Gasteiger partial charge in [-0.05, 0) is 48.9 Å². The molecule has 0 spiro atoms. The van der Waals surface area contributed by atoms with E-state index in [-0.39, 0.29) is 5.91 Å². The molecule has 6 heteroatoms. The lowest BCUT2D eigenvalue weighted by atomic mass is 10.1. The molecule has 0 fully saturated rings. The van der Waals surface area contributed by atoms with Crippen LogP contribution in [0.1, 0.15) is 22.5 Å². The molecule has 1 aromatic carbocycles. The number of hydrogen-bond donors (Lipinski definition) is 0. The summed E-state index contributed by atoms with van der Waals surface area (Å²) in [7, 11) is 1.65. The highest BCUT2D eigenvalue weighted by atomic mass is 16.5. The molecule has 3 aromatic rings. The first-order valence-corrected chi connectivity index (χ1v) is 8.65. The van der Waals surface area contributed by atoms with Gasteiger partial charge in [-0.25, -0.2) is 0 Å². The molecule has 2 aromatic heterocycles. The van der Waals surface area contributed by atoms with Gasteiger partial charge in [-0.3, -0.25) is 14.5 Å². The number of fused-ring (bicyclic) bond motifs is 1. The molecule has 0 saturated carbocycles. The maximum absolute atomic E-state index is 12.8. The molecular formula is C20H20N4O2. The van der Waals surface area contributed by atoms with Gasteiger partial charge in [0.05, 0.1) is 30.6 Å². The largest absolute Gasteiger partial charge is 0.497 e. The van der Waals surface area contributed by atoms with Gasteiger partial charge in [-0.2, -0.15) is 5.10 Å². The summed E-state index contributed by atoms with van der Waals surface area (Å²) >= 11 is 0. The summed E-state index contributed by atoms with van der Waals surface area (Å²) in [5.41, 5.74) is 3.62. The van der Waals surface area contributed by atoms with E-state index in [1.54, 1.807) is 31.6 Å². The van der Waals surface area contributed by atoms with E-state index in [2.05, 4.69) is 11.1 Å². The number of ether oxygens (including phenoxy) is 1. The summed E-state index contributed by atoms with van der Waals surface area (Å²) in [4.78, 5) is 18.7. The Balaban J connectivity index is 1.58. The summed E-state index contributed by atoms with van der Waals surface area (Å²) in [6.45, 7) is 2.08. The molecule has 0 aliphatic carbocycles. The number of carbonyl (C=O) groups excluding carboxylic acids is 1. The quantitative estimate of drug-likeness (QED) is 0.730. The Bertz CT molecular complexity index is 903. The SMILES string of the molecule is COc1ccc(-c2cc3n(n2)CCCN(C(=O)c2cccnc2)C3)cc1. The van der Waals surface area contributed by atoms with Crippen molar-refractivity contribution in [1.82, 2.24) is 19.7 Å². The van der Waals surface area contributed by atoms with Crippen LogP contribution in [0.4, 0.5) is 0 Å². The summed E-state index contributed by atoms with van der Waals surface area (Å²) < 4.78 is 7.22. The second-order valence-electron chi connectivity index (χ2n) is 6.29. The summed E-state index contributed by atoms with van der Waals surface area (Å²) in [6, 6.07) is 13.5. The van der Waals surface area contributed by atoms with Crippen molar-refractivity contribution in [2.75, 3.05) is 13.7 Å². The molecule has 0 radical (unpaired) electrons. The number of aryl methyl sites for hydroxylation is 1.